The molecule has 0 aliphatic rings. The molecule has 1 aromatic carbocycles. The van der Waals surface area contributed by atoms with Crippen molar-refractivity contribution in [3.8, 4) is 0 Å². The minimum Gasteiger partial charge on any atom is -0.468 e. The molecule has 5 nitrogen and oxygen atoms in total. The number of likely N-dealkylation sites (N-methyl/N-ethyl adjacent to an activating group) is 1. The topological polar surface area (TPSA) is 57.5 Å². The lowest BCUT2D eigenvalue weighted by Crippen LogP contribution is -2.35. The third-order valence-electron chi connectivity index (χ3n) is 4.38. The van der Waals surface area contributed by atoms with E-state index >= 15 is 0 Å². The van der Waals surface area contributed by atoms with Crippen LogP contribution < -0.4 is 10.6 Å². The number of furan rings is 1. The van der Waals surface area contributed by atoms with Crippen molar-refractivity contribution in [3.63, 3.8) is 0 Å². The molecule has 0 spiro atoms. The number of carbonyl (C=O) groups excluding carboxylic acids is 1. The Labute approximate surface area is 150 Å². The number of para-hydroxylation sites is 1. The van der Waals surface area contributed by atoms with E-state index in [0.717, 1.165) is 24.3 Å². The van der Waals surface area contributed by atoms with Crippen molar-refractivity contribution in [2.75, 3.05) is 32.5 Å². The van der Waals surface area contributed by atoms with Crippen LogP contribution in [0.2, 0.25) is 0 Å². The molecule has 0 bridgehead atoms. The van der Waals surface area contributed by atoms with Crippen molar-refractivity contribution < 1.29 is 9.21 Å². The number of carbonyl (C=O) groups is 1. The van der Waals surface area contributed by atoms with Gasteiger partial charge < -0.3 is 15.1 Å². The van der Waals surface area contributed by atoms with E-state index in [9.17, 15) is 4.79 Å². The Hall–Kier alpha value is -2.11. The number of aryl methyl sites for hydroxylation is 2. The van der Waals surface area contributed by atoms with Crippen molar-refractivity contribution in [1.29, 1.82) is 0 Å². The highest BCUT2D eigenvalue weighted by atomic mass is 16.3. The summed E-state index contributed by atoms with van der Waals surface area (Å²) in [5.74, 6) is 0.870. The Balaban J connectivity index is 1.93. The molecule has 0 saturated heterocycles. The molecule has 0 unspecified atom stereocenters. The van der Waals surface area contributed by atoms with E-state index in [0.29, 0.717) is 6.54 Å². The number of anilines is 1. The van der Waals surface area contributed by atoms with Crippen molar-refractivity contribution >= 4 is 11.6 Å². The van der Waals surface area contributed by atoms with Gasteiger partial charge in [0.2, 0.25) is 5.91 Å². The minimum atomic E-state index is -0.0208. The Morgan fingerprint density at radius 2 is 1.80 bits per heavy atom. The number of rotatable bonds is 9. The Bertz CT molecular complexity index is 643. The molecule has 1 heterocycles. The number of hydrogen-bond acceptors (Lipinski definition) is 4. The van der Waals surface area contributed by atoms with Gasteiger partial charge in [0.25, 0.3) is 0 Å². The number of nitrogens with one attached hydrogen (secondary N) is 2. The summed E-state index contributed by atoms with van der Waals surface area (Å²) >= 11 is 0. The molecule has 136 valence electrons. The van der Waals surface area contributed by atoms with Crippen LogP contribution >= 0.6 is 0 Å². The normalized spacial score (nSPS) is 12.4. The highest BCUT2D eigenvalue weighted by Gasteiger charge is 2.17. The van der Waals surface area contributed by atoms with Crippen LogP contribution in [0.3, 0.4) is 0 Å². The van der Waals surface area contributed by atoms with E-state index in [1.54, 1.807) is 6.26 Å². The van der Waals surface area contributed by atoms with Gasteiger partial charge in [-0.3, -0.25) is 9.69 Å². The molecule has 25 heavy (non-hydrogen) atoms. The van der Waals surface area contributed by atoms with Crippen LogP contribution in [0.15, 0.2) is 41.0 Å². The summed E-state index contributed by atoms with van der Waals surface area (Å²) in [6.45, 7) is 5.12. The molecular weight excluding hydrogens is 314 g/mol. The van der Waals surface area contributed by atoms with Crippen LogP contribution in [0, 0.1) is 0 Å². The summed E-state index contributed by atoms with van der Waals surface area (Å²) < 4.78 is 5.49. The Morgan fingerprint density at radius 1 is 1.12 bits per heavy atom. The zero-order valence-electron chi connectivity index (χ0n) is 15.6. The second-order valence-corrected chi connectivity index (χ2v) is 6.33. The number of hydrogen-bond donors (Lipinski definition) is 2. The maximum absolute atomic E-state index is 12.4. The maximum atomic E-state index is 12.4. The van der Waals surface area contributed by atoms with Crippen molar-refractivity contribution in [3.05, 3.63) is 53.5 Å². The largest absolute Gasteiger partial charge is 0.468 e. The summed E-state index contributed by atoms with van der Waals surface area (Å²) in [6, 6.07) is 10.1. The predicted molar refractivity (Wildman–Crippen MR) is 102 cm³/mol. The van der Waals surface area contributed by atoms with Crippen LogP contribution in [0.5, 0.6) is 0 Å². The first-order valence-corrected chi connectivity index (χ1v) is 8.87. The van der Waals surface area contributed by atoms with Gasteiger partial charge in [0.05, 0.1) is 18.8 Å². The average molecular weight is 343 g/mol. The molecule has 0 aliphatic heterocycles. The quantitative estimate of drug-likeness (QED) is 0.734. The van der Waals surface area contributed by atoms with Gasteiger partial charge in [0, 0.05) is 12.2 Å². The second-order valence-electron chi connectivity index (χ2n) is 6.33. The van der Waals surface area contributed by atoms with E-state index in [4.69, 9.17) is 4.42 Å². The van der Waals surface area contributed by atoms with Crippen LogP contribution in [0.25, 0.3) is 0 Å². The second kappa shape index (κ2) is 9.39. The lowest BCUT2D eigenvalue weighted by Gasteiger charge is -2.22. The zero-order chi connectivity index (χ0) is 18.2. The van der Waals surface area contributed by atoms with Crippen LogP contribution in [-0.2, 0) is 17.6 Å². The molecular formula is C20H29N3O2. The molecule has 1 amide bonds. The first-order chi connectivity index (χ1) is 12.1. The first kappa shape index (κ1) is 19.2. The lowest BCUT2D eigenvalue weighted by atomic mass is 10.0. The van der Waals surface area contributed by atoms with Crippen LogP contribution in [-0.4, -0.2) is 38.0 Å². The van der Waals surface area contributed by atoms with E-state index in [-0.39, 0.29) is 18.5 Å². The van der Waals surface area contributed by atoms with Gasteiger partial charge in [-0.15, -0.1) is 0 Å². The molecule has 0 radical (unpaired) electrons. The Morgan fingerprint density at radius 3 is 2.32 bits per heavy atom. The first-order valence-electron chi connectivity index (χ1n) is 8.87. The van der Waals surface area contributed by atoms with Crippen molar-refractivity contribution in [2.45, 2.75) is 32.7 Å². The summed E-state index contributed by atoms with van der Waals surface area (Å²) in [7, 11) is 4.00. The lowest BCUT2D eigenvalue weighted by molar-refractivity contribution is -0.115. The van der Waals surface area contributed by atoms with E-state index < -0.39 is 0 Å². The third-order valence-corrected chi connectivity index (χ3v) is 4.38. The summed E-state index contributed by atoms with van der Waals surface area (Å²) in [5, 5.41) is 6.32. The van der Waals surface area contributed by atoms with Crippen molar-refractivity contribution in [2.24, 2.45) is 0 Å². The van der Waals surface area contributed by atoms with Gasteiger partial charge in [-0.05, 0) is 50.2 Å². The van der Waals surface area contributed by atoms with Gasteiger partial charge in [-0.1, -0.05) is 32.0 Å². The molecule has 0 aliphatic carbocycles. The molecule has 2 N–H and O–H groups in total. The SMILES string of the molecule is CCc1cccc(CC)c1NC(=O)CNC[C@H](c1ccco1)N(C)C. The fourth-order valence-electron chi connectivity index (χ4n) is 2.93. The smallest absolute Gasteiger partial charge is 0.238 e. The number of benzene rings is 1. The highest BCUT2D eigenvalue weighted by molar-refractivity contribution is 5.93. The molecule has 0 fully saturated rings. The molecule has 5 heteroatoms. The standard InChI is InChI=1S/C20H29N3O2/c1-5-15-9-7-10-16(6-2)20(15)22-19(24)14-21-13-17(23(3)4)18-11-8-12-25-18/h7-12,17,21H,5-6,13-14H2,1-4H3,(H,22,24)/t17-/m1/s1. The maximum Gasteiger partial charge on any atom is 0.238 e. The van der Waals surface area contributed by atoms with Gasteiger partial charge in [0.1, 0.15) is 5.76 Å². The number of nitrogens with zero attached hydrogens (tertiary/aromatic N) is 1. The minimum absolute atomic E-state index is 0.0208. The summed E-state index contributed by atoms with van der Waals surface area (Å²) in [6.07, 6.45) is 3.47. The Kier molecular flexibility index (Phi) is 7.22. The summed E-state index contributed by atoms with van der Waals surface area (Å²) in [4.78, 5) is 14.5. The molecule has 2 rings (SSSR count). The van der Waals surface area contributed by atoms with E-state index in [2.05, 4.69) is 47.6 Å². The van der Waals surface area contributed by atoms with Gasteiger partial charge >= 0.3 is 0 Å². The molecule has 2 aromatic rings. The molecule has 1 atom stereocenters. The fourth-order valence-corrected chi connectivity index (χ4v) is 2.93. The average Bonchev–Trinajstić information content (AvgIpc) is 3.12. The summed E-state index contributed by atoms with van der Waals surface area (Å²) in [5.41, 5.74) is 3.32. The van der Waals surface area contributed by atoms with E-state index in [1.165, 1.54) is 11.1 Å². The van der Waals surface area contributed by atoms with Crippen molar-refractivity contribution in [1.82, 2.24) is 10.2 Å². The zero-order valence-corrected chi connectivity index (χ0v) is 15.6. The van der Waals surface area contributed by atoms with Gasteiger partial charge in [-0.25, -0.2) is 0 Å². The fraction of sp³-hybridized carbons (Fsp3) is 0.450. The molecule has 1 aromatic heterocycles. The van der Waals surface area contributed by atoms with Crippen LogP contribution in [0.4, 0.5) is 5.69 Å². The van der Waals surface area contributed by atoms with Crippen LogP contribution in [0.1, 0.15) is 36.8 Å². The monoisotopic (exact) mass is 343 g/mol. The van der Waals surface area contributed by atoms with Gasteiger partial charge in [0.15, 0.2) is 0 Å². The predicted octanol–water partition coefficient (Wildman–Crippen LogP) is 3.24. The van der Waals surface area contributed by atoms with Gasteiger partial charge in [-0.2, -0.15) is 0 Å². The van der Waals surface area contributed by atoms with E-state index in [1.807, 2.05) is 26.2 Å². The highest BCUT2D eigenvalue weighted by Crippen LogP contribution is 2.22. The molecule has 0 saturated carbocycles. The third kappa shape index (κ3) is 5.18. The number of amides is 1.